The molecule has 0 spiro atoms. The average molecular weight is 1050 g/mol. The van der Waals surface area contributed by atoms with E-state index in [4.69, 9.17) is 0 Å². The molecule has 0 bridgehead atoms. The molecule has 11 heteroatoms. The van der Waals surface area contributed by atoms with Crippen LogP contribution >= 0.6 is 0 Å². The van der Waals surface area contributed by atoms with Crippen molar-refractivity contribution in [3.05, 3.63) is 253 Å². The number of nitriles is 1. The van der Waals surface area contributed by atoms with Crippen molar-refractivity contribution in [1.29, 1.82) is 5.26 Å². The molecule has 0 aliphatic heterocycles. The summed E-state index contributed by atoms with van der Waals surface area (Å²) in [6.45, 7) is 0. The fourth-order valence-electron chi connectivity index (χ4n) is 12.6. The normalized spacial score (nSPS) is 12.4. The minimum Gasteiger partial charge on any atom is -0.309 e. The molecule has 4 heterocycles. The standard InChI is InChI=1S/C69H39F6N5/c70-68(71,72)42-31-34-45(55(37-42)69(73,74)75)52-22-14-30-65(80-61-28-12-6-21-51(61)54-39-44(33-36-63(54)80)78-58-25-9-3-18-48(58)49-19-4-10-26-59(49)78)67(52)66-41(40-76)15-13-29-64(66)79-60-27-11-5-20-50(60)53-38-43(32-35-62(53)79)77-56-23-7-1-16-46(56)47-17-2-8-24-57(47)77/h1-39H. The van der Waals surface area contributed by atoms with E-state index >= 15 is 13.2 Å². The number of rotatable bonds is 6. The predicted molar refractivity (Wildman–Crippen MR) is 309 cm³/mol. The maximum absolute atomic E-state index is 15.6. The van der Waals surface area contributed by atoms with E-state index in [2.05, 4.69) is 75.9 Å². The second-order valence-corrected chi connectivity index (χ2v) is 20.1. The van der Waals surface area contributed by atoms with Crippen LogP contribution in [0, 0.1) is 11.3 Å². The number of nitrogens with zero attached hydrogens (tertiary/aromatic N) is 5. The number of fused-ring (bicyclic) bond motifs is 12. The van der Waals surface area contributed by atoms with Crippen molar-refractivity contribution in [1.82, 2.24) is 18.3 Å². The zero-order valence-electron chi connectivity index (χ0n) is 42.0. The zero-order valence-corrected chi connectivity index (χ0v) is 42.0. The van der Waals surface area contributed by atoms with Crippen LogP contribution in [-0.2, 0) is 12.4 Å². The fraction of sp³-hybridized carbons (Fsp3) is 0.0290. The monoisotopic (exact) mass is 1050 g/mol. The molecule has 0 N–H and O–H groups in total. The van der Waals surface area contributed by atoms with Crippen LogP contribution in [0.15, 0.2) is 237 Å². The Balaban J connectivity index is 1.04. The Bertz CT molecular complexity index is 5030. The van der Waals surface area contributed by atoms with Crippen LogP contribution in [0.1, 0.15) is 16.7 Å². The van der Waals surface area contributed by atoms with Gasteiger partial charge in [0.2, 0.25) is 0 Å². The molecular weight excluding hydrogens is 1010 g/mol. The quantitative estimate of drug-likeness (QED) is 0.153. The molecule has 15 aromatic rings. The molecule has 0 aliphatic carbocycles. The molecule has 0 aliphatic rings. The van der Waals surface area contributed by atoms with Crippen LogP contribution in [0.4, 0.5) is 26.3 Å². The topological polar surface area (TPSA) is 43.5 Å². The number of alkyl halides is 6. The Morgan fingerprint density at radius 1 is 0.300 bits per heavy atom. The van der Waals surface area contributed by atoms with E-state index in [0.29, 0.717) is 28.5 Å². The Morgan fingerprint density at radius 3 is 1.09 bits per heavy atom. The van der Waals surface area contributed by atoms with Gasteiger partial charge in [0, 0.05) is 65.6 Å². The van der Waals surface area contributed by atoms with Gasteiger partial charge in [0.25, 0.3) is 0 Å². The average Bonchev–Trinajstić information content (AvgIpc) is 4.24. The van der Waals surface area contributed by atoms with Gasteiger partial charge in [-0.1, -0.05) is 133 Å². The van der Waals surface area contributed by atoms with Crippen molar-refractivity contribution in [3.8, 4) is 51.1 Å². The fourth-order valence-corrected chi connectivity index (χ4v) is 12.6. The van der Waals surface area contributed by atoms with E-state index in [-0.39, 0.29) is 28.3 Å². The highest BCUT2D eigenvalue weighted by molar-refractivity contribution is 6.15. The summed E-state index contributed by atoms with van der Waals surface area (Å²) in [6, 6.07) is 75.3. The van der Waals surface area contributed by atoms with Crippen molar-refractivity contribution < 1.29 is 26.3 Å². The summed E-state index contributed by atoms with van der Waals surface area (Å²) < 4.78 is 98.8. The molecule has 80 heavy (non-hydrogen) atoms. The van der Waals surface area contributed by atoms with Crippen LogP contribution in [0.5, 0.6) is 0 Å². The van der Waals surface area contributed by atoms with Gasteiger partial charge in [-0.2, -0.15) is 31.6 Å². The molecule has 0 saturated heterocycles. The zero-order chi connectivity index (χ0) is 54.2. The van der Waals surface area contributed by atoms with E-state index in [1.807, 2.05) is 143 Å². The number of benzene rings is 11. The first-order valence-electron chi connectivity index (χ1n) is 26.0. The first-order chi connectivity index (χ1) is 39.0. The largest absolute Gasteiger partial charge is 0.417 e. The van der Waals surface area contributed by atoms with Gasteiger partial charge >= 0.3 is 12.4 Å². The first kappa shape index (κ1) is 46.9. The first-order valence-corrected chi connectivity index (χ1v) is 26.0. The van der Waals surface area contributed by atoms with Gasteiger partial charge in [-0.25, -0.2) is 0 Å². The van der Waals surface area contributed by atoms with Crippen molar-refractivity contribution in [2.45, 2.75) is 12.4 Å². The molecule has 382 valence electrons. The molecule has 0 saturated carbocycles. The smallest absolute Gasteiger partial charge is 0.309 e. The summed E-state index contributed by atoms with van der Waals surface area (Å²) in [5.74, 6) is 0. The molecule has 0 amide bonds. The molecule has 11 aromatic carbocycles. The lowest BCUT2D eigenvalue weighted by Crippen LogP contribution is -2.13. The van der Waals surface area contributed by atoms with Crippen molar-refractivity contribution in [3.63, 3.8) is 0 Å². The third-order valence-corrected chi connectivity index (χ3v) is 15.9. The maximum atomic E-state index is 15.6. The lowest BCUT2D eigenvalue weighted by molar-refractivity contribution is -0.142. The van der Waals surface area contributed by atoms with Crippen molar-refractivity contribution >= 4 is 87.2 Å². The summed E-state index contributed by atoms with van der Waals surface area (Å²) >= 11 is 0. The third-order valence-electron chi connectivity index (χ3n) is 15.9. The molecule has 0 unspecified atom stereocenters. The van der Waals surface area contributed by atoms with Crippen molar-refractivity contribution in [2.75, 3.05) is 0 Å². The Labute approximate surface area is 451 Å². The van der Waals surface area contributed by atoms with Gasteiger partial charge in [0.1, 0.15) is 0 Å². The lowest BCUT2D eigenvalue weighted by atomic mass is 9.86. The number of para-hydroxylation sites is 6. The summed E-state index contributed by atoms with van der Waals surface area (Å²) in [7, 11) is 0. The van der Waals surface area contributed by atoms with Gasteiger partial charge < -0.3 is 18.3 Å². The molecule has 15 rings (SSSR count). The summed E-state index contributed by atoms with van der Waals surface area (Å²) in [4.78, 5) is 0. The van der Waals surface area contributed by atoms with Gasteiger partial charge in [0.05, 0.1) is 78.3 Å². The molecule has 0 radical (unpaired) electrons. The Kier molecular flexibility index (Phi) is 10.2. The van der Waals surface area contributed by atoms with Crippen molar-refractivity contribution in [2.24, 2.45) is 0 Å². The Hall–Kier alpha value is -10.3. The van der Waals surface area contributed by atoms with Gasteiger partial charge in [0.15, 0.2) is 0 Å². The van der Waals surface area contributed by atoms with Crippen LogP contribution < -0.4 is 0 Å². The molecule has 4 aromatic heterocycles. The number of hydrogen-bond acceptors (Lipinski definition) is 1. The van der Waals surface area contributed by atoms with E-state index < -0.39 is 29.0 Å². The second kappa shape index (κ2) is 17.3. The van der Waals surface area contributed by atoms with E-state index in [0.717, 1.165) is 93.6 Å². The van der Waals surface area contributed by atoms with Crippen LogP contribution in [0.3, 0.4) is 0 Å². The third kappa shape index (κ3) is 6.91. The van der Waals surface area contributed by atoms with E-state index in [1.165, 1.54) is 6.07 Å². The lowest BCUT2D eigenvalue weighted by Gasteiger charge is -2.24. The summed E-state index contributed by atoms with van der Waals surface area (Å²) in [5, 5.41) is 19.2. The van der Waals surface area contributed by atoms with Crippen LogP contribution in [0.2, 0.25) is 0 Å². The van der Waals surface area contributed by atoms with Crippen LogP contribution in [-0.4, -0.2) is 18.3 Å². The molecule has 5 nitrogen and oxygen atoms in total. The number of halogens is 6. The molecule has 0 fully saturated rings. The van der Waals surface area contributed by atoms with Crippen LogP contribution in [0.25, 0.3) is 132 Å². The van der Waals surface area contributed by atoms with Gasteiger partial charge in [-0.05, 0) is 114 Å². The minimum atomic E-state index is -5.22. The Morgan fingerprint density at radius 2 is 0.675 bits per heavy atom. The molecule has 0 atom stereocenters. The molecular formula is C69H39F6N5. The van der Waals surface area contributed by atoms with E-state index in [1.54, 1.807) is 18.2 Å². The second-order valence-electron chi connectivity index (χ2n) is 20.1. The van der Waals surface area contributed by atoms with E-state index in [9.17, 15) is 18.4 Å². The minimum absolute atomic E-state index is 0.0188. The summed E-state index contributed by atoms with van der Waals surface area (Å²) in [6.07, 6.45) is -10.3. The highest BCUT2D eigenvalue weighted by atomic mass is 19.4. The van der Waals surface area contributed by atoms with Gasteiger partial charge in [-0.15, -0.1) is 0 Å². The summed E-state index contributed by atoms with van der Waals surface area (Å²) in [5.41, 5.74) is 6.94. The maximum Gasteiger partial charge on any atom is 0.417 e. The van der Waals surface area contributed by atoms with Gasteiger partial charge in [-0.3, -0.25) is 0 Å². The SMILES string of the molecule is N#Cc1cccc(-n2c3ccccc3c3cc(-n4c5ccccc5c5ccccc54)ccc32)c1-c1c(-c2ccc(C(F)(F)F)cc2C(F)(F)F)cccc1-n1c2ccccc2c2cc(-n3c4ccccc4c4ccccc43)ccc21. The highest BCUT2D eigenvalue weighted by Crippen LogP contribution is 2.50. The number of hydrogen-bond donors (Lipinski definition) is 0. The predicted octanol–water partition coefficient (Wildman–Crippen LogP) is 19.3. The highest BCUT2D eigenvalue weighted by Gasteiger charge is 2.39. The number of aromatic nitrogens is 4.